The monoisotopic (exact) mass is 526 g/mol. The summed E-state index contributed by atoms with van der Waals surface area (Å²) >= 11 is 3.49. The smallest absolute Gasteiger partial charge is 0.225 e. The van der Waals surface area contributed by atoms with Crippen LogP contribution in [0.4, 0.5) is 5.69 Å². The second kappa shape index (κ2) is 9.91. The zero-order valence-electron chi connectivity index (χ0n) is 18.3. The molecule has 172 valence electrons. The van der Waals surface area contributed by atoms with Gasteiger partial charge >= 0.3 is 0 Å². The Morgan fingerprint density at radius 3 is 2.48 bits per heavy atom. The molecule has 2 aliphatic rings. The van der Waals surface area contributed by atoms with E-state index in [-0.39, 0.29) is 17.9 Å². The molecule has 0 bridgehead atoms. The molecule has 0 spiro atoms. The largest absolute Gasteiger partial charge is 0.371 e. The number of fused-ring (bicyclic) bond motifs is 1. The highest BCUT2D eigenvalue weighted by molar-refractivity contribution is 9.10. The van der Waals surface area contributed by atoms with Crippen molar-refractivity contribution in [1.29, 1.82) is 0 Å². The summed E-state index contributed by atoms with van der Waals surface area (Å²) in [6.07, 6.45) is 6.19. The molecular formula is C25H27BrN4O2S. The van der Waals surface area contributed by atoms with E-state index in [1.54, 1.807) is 0 Å². The molecule has 2 saturated heterocycles. The minimum Gasteiger partial charge on any atom is -0.371 e. The van der Waals surface area contributed by atoms with E-state index in [2.05, 4.69) is 36.6 Å². The number of carbonyl (C=O) groups excluding carboxylic acids is 1. The van der Waals surface area contributed by atoms with Crippen LogP contribution < -0.4 is 9.62 Å². The third kappa shape index (κ3) is 5.13. The van der Waals surface area contributed by atoms with Crippen molar-refractivity contribution in [3.63, 3.8) is 0 Å². The summed E-state index contributed by atoms with van der Waals surface area (Å²) in [5.41, 5.74) is 1.17. The fourth-order valence-electron chi connectivity index (χ4n) is 4.78. The maximum absolute atomic E-state index is 13.1. The molecule has 0 saturated carbocycles. The lowest BCUT2D eigenvalue weighted by Gasteiger charge is -2.34. The van der Waals surface area contributed by atoms with Crippen molar-refractivity contribution in [2.45, 2.75) is 30.2 Å². The summed E-state index contributed by atoms with van der Waals surface area (Å²) in [5, 5.41) is 2.17. The van der Waals surface area contributed by atoms with Crippen molar-refractivity contribution < 1.29 is 9.00 Å². The van der Waals surface area contributed by atoms with Crippen LogP contribution in [0.25, 0.3) is 10.8 Å². The van der Waals surface area contributed by atoms with E-state index in [0.29, 0.717) is 6.54 Å². The molecule has 0 radical (unpaired) electrons. The standard InChI is InChI=1S/C25H27BrN4O2S/c26-21-3-1-20-16-24(4-2-19(20)15-21)33(32)28-22-9-14-30(17-22)25(31)18-7-12-29(13-8-18)23-5-10-27-11-6-23/h1-6,10-11,15-16,18,22,28H,7-9,12-14,17H2. The Hall–Kier alpha value is -2.29. The Labute approximate surface area is 205 Å². The molecule has 2 fully saturated rings. The minimum absolute atomic E-state index is 0.0484. The predicted molar refractivity (Wildman–Crippen MR) is 135 cm³/mol. The number of rotatable bonds is 5. The first-order valence-corrected chi connectivity index (χ1v) is 13.3. The third-order valence-electron chi connectivity index (χ3n) is 6.63. The summed E-state index contributed by atoms with van der Waals surface area (Å²) in [4.78, 5) is 22.2. The molecule has 2 atom stereocenters. The van der Waals surface area contributed by atoms with E-state index in [1.807, 2.05) is 59.8 Å². The van der Waals surface area contributed by atoms with Crippen molar-refractivity contribution >= 4 is 49.3 Å². The molecule has 1 amide bonds. The Bertz CT molecular complexity index is 1170. The van der Waals surface area contributed by atoms with Gasteiger partial charge in [0, 0.05) is 60.7 Å². The second-order valence-corrected chi connectivity index (χ2v) is 10.9. The SMILES string of the molecule is O=C(C1CCN(c2ccncc2)CC1)N1CCC(NS(=O)c2ccc3cc(Br)ccc3c2)C1. The first-order chi connectivity index (χ1) is 16.1. The van der Waals surface area contributed by atoms with Gasteiger partial charge < -0.3 is 9.80 Å². The Morgan fingerprint density at radius 1 is 0.970 bits per heavy atom. The number of likely N-dealkylation sites (tertiary alicyclic amines) is 1. The number of carbonyl (C=O) groups is 1. The quantitative estimate of drug-likeness (QED) is 0.542. The number of hydrogen-bond donors (Lipinski definition) is 1. The summed E-state index contributed by atoms with van der Waals surface area (Å²) in [6, 6.07) is 16.0. The van der Waals surface area contributed by atoms with Crippen LogP contribution in [0.1, 0.15) is 19.3 Å². The molecule has 3 aromatic rings. The van der Waals surface area contributed by atoms with Gasteiger partial charge in [-0.15, -0.1) is 0 Å². The van der Waals surface area contributed by atoms with E-state index in [1.165, 1.54) is 5.69 Å². The Morgan fingerprint density at radius 2 is 1.70 bits per heavy atom. The van der Waals surface area contributed by atoms with Crippen LogP contribution in [0.2, 0.25) is 0 Å². The third-order valence-corrected chi connectivity index (χ3v) is 8.36. The maximum Gasteiger partial charge on any atom is 0.225 e. The van der Waals surface area contributed by atoms with Gasteiger partial charge in [0.25, 0.3) is 0 Å². The Kier molecular flexibility index (Phi) is 6.76. The average Bonchev–Trinajstić information content (AvgIpc) is 3.32. The topological polar surface area (TPSA) is 65.5 Å². The van der Waals surface area contributed by atoms with Crippen molar-refractivity contribution in [3.05, 3.63) is 65.4 Å². The van der Waals surface area contributed by atoms with E-state index in [0.717, 1.165) is 59.0 Å². The molecule has 2 aromatic carbocycles. The van der Waals surface area contributed by atoms with Crippen LogP contribution in [0, 0.1) is 5.92 Å². The molecule has 6 nitrogen and oxygen atoms in total. The number of aromatic nitrogens is 1. The number of hydrogen-bond acceptors (Lipinski definition) is 4. The van der Waals surface area contributed by atoms with Gasteiger partial charge in [-0.1, -0.05) is 28.1 Å². The normalized spacial score (nSPS) is 20.3. The van der Waals surface area contributed by atoms with Crippen LogP contribution in [-0.4, -0.2) is 52.2 Å². The number of benzene rings is 2. The van der Waals surface area contributed by atoms with Gasteiger partial charge in [0.05, 0.1) is 4.90 Å². The summed E-state index contributed by atoms with van der Waals surface area (Å²) in [7, 11) is -1.30. The molecule has 3 heterocycles. The van der Waals surface area contributed by atoms with Crippen LogP contribution in [0.5, 0.6) is 0 Å². The number of nitrogens with one attached hydrogen (secondary N) is 1. The van der Waals surface area contributed by atoms with Gasteiger partial charge in [-0.25, -0.2) is 8.93 Å². The second-order valence-electron chi connectivity index (χ2n) is 8.78. The van der Waals surface area contributed by atoms with Crippen molar-refractivity contribution in [1.82, 2.24) is 14.6 Å². The molecule has 2 unspecified atom stereocenters. The van der Waals surface area contributed by atoms with E-state index < -0.39 is 11.0 Å². The van der Waals surface area contributed by atoms with Gasteiger partial charge in [-0.05, 0) is 66.4 Å². The molecule has 1 aromatic heterocycles. The maximum atomic E-state index is 13.1. The van der Waals surface area contributed by atoms with E-state index in [4.69, 9.17) is 0 Å². The van der Waals surface area contributed by atoms with Crippen LogP contribution in [0.15, 0.2) is 70.3 Å². The minimum atomic E-state index is -1.30. The van der Waals surface area contributed by atoms with Crippen molar-refractivity contribution in [2.75, 3.05) is 31.1 Å². The predicted octanol–water partition coefficient (Wildman–Crippen LogP) is 4.13. The Balaban J connectivity index is 1.14. The molecule has 1 N–H and O–H groups in total. The molecule has 33 heavy (non-hydrogen) atoms. The van der Waals surface area contributed by atoms with Crippen molar-refractivity contribution in [3.8, 4) is 0 Å². The van der Waals surface area contributed by atoms with Crippen molar-refractivity contribution in [2.24, 2.45) is 5.92 Å². The first-order valence-electron chi connectivity index (χ1n) is 11.4. The first kappa shape index (κ1) is 22.5. The van der Waals surface area contributed by atoms with Gasteiger partial charge in [-0.3, -0.25) is 9.78 Å². The lowest BCUT2D eigenvalue weighted by atomic mass is 9.95. The summed E-state index contributed by atoms with van der Waals surface area (Å²) < 4.78 is 17.2. The molecular weight excluding hydrogens is 500 g/mol. The lowest BCUT2D eigenvalue weighted by Crippen LogP contribution is -2.43. The average molecular weight is 527 g/mol. The number of piperidine rings is 1. The van der Waals surface area contributed by atoms with E-state index in [9.17, 15) is 9.00 Å². The number of pyridine rings is 1. The number of halogens is 1. The molecule has 0 aliphatic carbocycles. The zero-order valence-corrected chi connectivity index (χ0v) is 20.7. The molecule has 5 rings (SSSR count). The van der Waals surface area contributed by atoms with Crippen LogP contribution >= 0.6 is 15.9 Å². The highest BCUT2D eigenvalue weighted by Crippen LogP contribution is 2.26. The highest BCUT2D eigenvalue weighted by Gasteiger charge is 2.33. The van der Waals surface area contributed by atoms with Crippen LogP contribution in [0.3, 0.4) is 0 Å². The van der Waals surface area contributed by atoms with E-state index >= 15 is 0 Å². The van der Waals surface area contributed by atoms with Gasteiger partial charge in [0.15, 0.2) is 0 Å². The van der Waals surface area contributed by atoms with Crippen LogP contribution in [-0.2, 0) is 15.8 Å². The van der Waals surface area contributed by atoms with Gasteiger partial charge in [0.2, 0.25) is 5.91 Å². The number of amides is 1. The molecule has 2 aliphatic heterocycles. The van der Waals surface area contributed by atoms with Gasteiger partial charge in [-0.2, -0.15) is 0 Å². The summed E-state index contributed by atoms with van der Waals surface area (Å²) in [6.45, 7) is 3.12. The summed E-state index contributed by atoms with van der Waals surface area (Å²) in [5.74, 6) is 0.322. The number of anilines is 1. The zero-order chi connectivity index (χ0) is 22.8. The molecule has 8 heteroatoms. The number of nitrogens with zero attached hydrogens (tertiary/aromatic N) is 3. The van der Waals surface area contributed by atoms with Gasteiger partial charge in [0.1, 0.15) is 11.0 Å². The fourth-order valence-corrected chi connectivity index (χ4v) is 6.22. The lowest BCUT2D eigenvalue weighted by molar-refractivity contribution is -0.135. The fraction of sp³-hybridized carbons (Fsp3) is 0.360. The highest BCUT2D eigenvalue weighted by atomic mass is 79.9.